The number of carboxylic acids is 1. The van der Waals surface area contributed by atoms with Gasteiger partial charge in [-0.05, 0) is 36.6 Å². The topological polar surface area (TPSA) is 88.0 Å². The normalized spacial score (nSPS) is 14.3. The largest absolute Gasteiger partial charge is 0.479 e. The van der Waals surface area contributed by atoms with E-state index in [1.54, 1.807) is 55.5 Å². The number of fused-ring (bicyclic) bond motifs is 1. The molecule has 4 aromatic rings. The lowest BCUT2D eigenvalue weighted by atomic mass is 9.93. The lowest BCUT2D eigenvalue weighted by Crippen LogP contribution is -2.51. The van der Waals surface area contributed by atoms with Gasteiger partial charge in [-0.3, -0.25) is 4.79 Å². The van der Waals surface area contributed by atoms with Crippen molar-refractivity contribution in [2.24, 2.45) is 0 Å². The zero-order valence-electron chi connectivity index (χ0n) is 19.4. The van der Waals surface area contributed by atoms with Gasteiger partial charge in [0.2, 0.25) is 0 Å². The molecule has 6 heteroatoms. The third-order valence-electron chi connectivity index (χ3n) is 6.21. The molecule has 0 saturated carbocycles. The van der Waals surface area contributed by atoms with E-state index >= 15 is 0 Å². The van der Waals surface area contributed by atoms with Gasteiger partial charge in [0.05, 0.1) is 5.69 Å². The summed E-state index contributed by atoms with van der Waals surface area (Å²) < 4.78 is 1.10. The Balaban J connectivity index is 2.06. The van der Waals surface area contributed by atoms with Gasteiger partial charge in [0.1, 0.15) is 0 Å². The summed E-state index contributed by atoms with van der Waals surface area (Å²) in [6.45, 7) is 9.66. The third kappa shape index (κ3) is 3.88. The van der Waals surface area contributed by atoms with Crippen molar-refractivity contribution >= 4 is 29.0 Å². The highest BCUT2D eigenvalue weighted by molar-refractivity contribution is 5.87. The van der Waals surface area contributed by atoms with Crippen molar-refractivity contribution in [3.8, 4) is 0 Å². The minimum atomic E-state index is -1.25. The molecule has 0 aliphatic heterocycles. The zero-order chi connectivity index (χ0) is 24.4. The first kappa shape index (κ1) is 23.0. The monoisotopic (exact) mass is 453 g/mol. The van der Waals surface area contributed by atoms with Gasteiger partial charge in [-0.25, -0.2) is 9.48 Å². The van der Waals surface area contributed by atoms with Crippen LogP contribution in [0.1, 0.15) is 48.2 Å². The number of allylic oxidation sites excluding steroid dienone is 1. The van der Waals surface area contributed by atoms with Crippen molar-refractivity contribution in [2.75, 3.05) is 0 Å². The number of nitrogens with one attached hydrogen (secondary N) is 1. The predicted molar refractivity (Wildman–Crippen MR) is 135 cm³/mol. The molecule has 2 N–H and O–H groups in total. The summed E-state index contributed by atoms with van der Waals surface area (Å²) in [6, 6.07) is 13.5. The highest BCUT2D eigenvalue weighted by Gasteiger charge is 2.27. The molecule has 0 aliphatic rings. The smallest absolute Gasteiger partial charge is 0.333 e. The van der Waals surface area contributed by atoms with Crippen LogP contribution in [-0.4, -0.2) is 25.8 Å². The fourth-order valence-electron chi connectivity index (χ4n) is 4.57. The number of benzene rings is 2. The second-order valence-corrected chi connectivity index (χ2v) is 8.27. The molecule has 4 rings (SSSR count). The summed E-state index contributed by atoms with van der Waals surface area (Å²) in [7, 11) is 0. The van der Waals surface area contributed by atoms with E-state index in [0.717, 1.165) is 26.7 Å². The van der Waals surface area contributed by atoms with E-state index in [2.05, 4.69) is 24.6 Å². The quantitative estimate of drug-likeness (QED) is 0.467. The van der Waals surface area contributed by atoms with Crippen LogP contribution < -0.4 is 16.0 Å². The summed E-state index contributed by atoms with van der Waals surface area (Å²) in [5, 5.41) is 16.9. The van der Waals surface area contributed by atoms with Gasteiger partial charge >= 0.3 is 5.97 Å². The van der Waals surface area contributed by atoms with Gasteiger partial charge in [0.25, 0.3) is 5.56 Å². The molecule has 0 spiro atoms. The second-order valence-electron chi connectivity index (χ2n) is 8.27. The number of hydrogen-bond donors (Lipinski definition) is 2. The first-order chi connectivity index (χ1) is 16.4. The Hall–Kier alpha value is -4.19. The highest BCUT2D eigenvalue weighted by Crippen LogP contribution is 2.30. The molecule has 2 aromatic heterocycles. The van der Waals surface area contributed by atoms with Gasteiger partial charge in [-0.2, -0.15) is 5.10 Å². The van der Waals surface area contributed by atoms with Gasteiger partial charge in [-0.15, -0.1) is 0 Å². The van der Waals surface area contributed by atoms with Crippen LogP contribution in [0.4, 0.5) is 0 Å². The average Bonchev–Trinajstić information content (AvgIpc) is 3.27. The van der Waals surface area contributed by atoms with Crippen LogP contribution in [0, 0.1) is 6.92 Å². The van der Waals surface area contributed by atoms with Crippen LogP contribution in [0.25, 0.3) is 23.1 Å². The molecular weight excluding hydrogens is 426 g/mol. The van der Waals surface area contributed by atoms with Crippen molar-refractivity contribution in [3.63, 3.8) is 0 Å². The van der Waals surface area contributed by atoms with E-state index in [0.29, 0.717) is 21.7 Å². The number of aromatic nitrogens is 3. The Morgan fingerprint density at radius 2 is 1.88 bits per heavy atom. The van der Waals surface area contributed by atoms with E-state index in [-0.39, 0.29) is 5.92 Å². The molecule has 172 valence electrons. The fraction of sp³-hybridized carbons (Fsp3) is 0.179. The van der Waals surface area contributed by atoms with Crippen molar-refractivity contribution in [2.45, 2.75) is 32.7 Å². The molecule has 0 fully saturated rings. The van der Waals surface area contributed by atoms with Crippen molar-refractivity contribution in [1.29, 1.82) is 0 Å². The van der Waals surface area contributed by atoms with E-state index in [1.807, 2.05) is 25.3 Å². The third-order valence-corrected chi connectivity index (χ3v) is 6.21. The molecule has 34 heavy (non-hydrogen) atoms. The molecule has 2 unspecified atom stereocenters. The molecule has 0 saturated heterocycles. The highest BCUT2D eigenvalue weighted by atomic mass is 16.4. The molecule has 2 atom stereocenters. The SMILES string of the molecule is C=C/C=c1/c(C(C)c2c[nH]c3cccc(C)c23)nn(C(C(=O)O)c2ccccc2)c(=O)/c1=C/C. The van der Waals surface area contributed by atoms with Gasteiger partial charge < -0.3 is 10.1 Å². The Morgan fingerprint density at radius 1 is 1.15 bits per heavy atom. The standard InChI is InChI=1S/C28H27N3O3/c1-5-11-21-20(6-2)27(32)31(26(28(33)34)19-13-8-7-9-14-19)30-25(21)18(4)22-16-29-23-15-10-12-17(3)24(22)23/h5-16,18,26,29H,1H2,2-4H3,(H,33,34)/b20-6+,21-11+. The maximum absolute atomic E-state index is 13.5. The Bertz CT molecular complexity index is 1560. The minimum Gasteiger partial charge on any atom is -0.479 e. The van der Waals surface area contributed by atoms with Gasteiger partial charge in [0, 0.05) is 33.5 Å². The number of rotatable bonds is 6. The summed E-state index contributed by atoms with van der Waals surface area (Å²) in [4.78, 5) is 29.2. The van der Waals surface area contributed by atoms with Crippen LogP contribution in [-0.2, 0) is 4.79 Å². The molecular formula is C28H27N3O3. The molecule has 2 aromatic carbocycles. The Labute approximate surface area is 197 Å². The van der Waals surface area contributed by atoms with Gasteiger partial charge in [-0.1, -0.05) is 74.2 Å². The number of aromatic amines is 1. The van der Waals surface area contributed by atoms with Crippen LogP contribution in [0.5, 0.6) is 0 Å². The van der Waals surface area contributed by atoms with Crippen LogP contribution in [0.15, 0.2) is 72.2 Å². The number of aliphatic carboxylic acids is 1. The predicted octanol–water partition coefficient (Wildman–Crippen LogP) is 3.63. The first-order valence-corrected chi connectivity index (χ1v) is 11.1. The number of H-pyrrole nitrogens is 1. The average molecular weight is 454 g/mol. The Morgan fingerprint density at radius 3 is 2.53 bits per heavy atom. The second kappa shape index (κ2) is 9.35. The fourth-order valence-corrected chi connectivity index (χ4v) is 4.57. The number of carboxylic acid groups (broad SMARTS) is 1. The summed E-state index contributed by atoms with van der Waals surface area (Å²) in [5.41, 5.74) is 3.79. The van der Waals surface area contributed by atoms with Crippen LogP contribution in [0.2, 0.25) is 0 Å². The zero-order valence-corrected chi connectivity index (χ0v) is 19.4. The summed E-state index contributed by atoms with van der Waals surface area (Å²) in [5.74, 6) is -1.37. The summed E-state index contributed by atoms with van der Waals surface area (Å²) in [6.07, 6.45) is 7.05. The maximum Gasteiger partial charge on any atom is 0.333 e. The van der Waals surface area contributed by atoms with E-state index in [9.17, 15) is 14.7 Å². The minimum absolute atomic E-state index is 0.225. The number of nitrogens with zero attached hydrogens (tertiary/aromatic N) is 2. The first-order valence-electron chi connectivity index (χ1n) is 11.1. The van der Waals surface area contributed by atoms with Gasteiger partial charge in [0.15, 0.2) is 6.04 Å². The number of carbonyl (C=O) groups is 1. The van der Waals surface area contributed by atoms with E-state index in [4.69, 9.17) is 5.10 Å². The Kier molecular flexibility index (Phi) is 6.32. The number of aryl methyl sites for hydroxylation is 1. The molecule has 0 radical (unpaired) electrons. The molecule has 0 amide bonds. The van der Waals surface area contributed by atoms with Crippen molar-refractivity contribution < 1.29 is 9.90 Å². The molecule has 6 nitrogen and oxygen atoms in total. The molecule has 2 heterocycles. The maximum atomic E-state index is 13.5. The lowest BCUT2D eigenvalue weighted by molar-refractivity contribution is -0.140. The van der Waals surface area contributed by atoms with E-state index < -0.39 is 17.6 Å². The van der Waals surface area contributed by atoms with Crippen LogP contribution in [0.3, 0.4) is 0 Å². The lowest BCUT2D eigenvalue weighted by Gasteiger charge is -2.19. The van der Waals surface area contributed by atoms with E-state index in [1.165, 1.54) is 0 Å². The number of hydrogen-bond acceptors (Lipinski definition) is 3. The molecule has 0 bridgehead atoms. The van der Waals surface area contributed by atoms with Crippen LogP contribution >= 0.6 is 0 Å². The molecule has 0 aliphatic carbocycles. The summed E-state index contributed by atoms with van der Waals surface area (Å²) >= 11 is 0. The van der Waals surface area contributed by atoms with Crippen molar-refractivity contribution in [3.05, 3.63) is 111 Å². The van der Waals surface area contributed by atoms with Crippen molar-refractivity contribution in [1.82, 2.24) is 14.8 Å².